The van der Waals surface area contributed by atoms with Crippen LogP contribution >= 0.6 is 0 Å². The Morgan fingerprint density at radius 2 is 1.60 bits per heavy atom. The summed E-state index contributed by atoms with van der Waals surface area (Å²) in [4.78, 5) is 10.2. The number of carboxylic acids is 1. The van der Waals surface area contributed by atoms with Crippen LogP contribution in [0.1, 0.15) is 27.7 Å². The number of aliphatic hydroxyl groups is 1. The van der Waals surface area contributed by atoms with E-state index in [0.29, 0.717) is 0 Å². The minimum atomic E-state index is -0.840. The highest BCUT2D eigenvalue weighted by atomic mass is 16.4. The SMILES string of the molecule is C=CC(C)(C)C(=O)O.C=CC(C)(C)CO. The first-order chi connectivity index (χ1) is 6.63. The van der Waals surface area contributed by atoms with Crippen LogP contribution < -0.4 is 0 Å². The van der Waals surface area contributed by atoms with E-state index in [1.165, 1.54) is 6.08 Å². The van der Waals surface area contributed by atoms with Crippen molar-refractivity contribution in [3.63, 3.8) is 0 Å². The van der Waals surface area contributed by atoms with Gasteiger partial charge in [0.2, 0.25) is 0 Å². The molecule has 0 aliphatic heterocycles. The summed E-state index contributed by atoms with van der Waals surface area (Å²) in [7, 11) is 0. The van der Waals surface area contributed by atoms with Gasteiger partial charge in [-0.05, 0) is 13.8 Å². The molecule has 0 rings (SSSR count). The van der Waals surface area contributed by atoms with Crippen LogP contribution in [0.2, 0.25) is 0 Å². The van der Waals surface area contributed by atoms with Crippen LogP contribution in [0, 0.1) is 10.8 Å². The monoisotopic (exact) mass is 214 g/mol. The van der Waals surface area contributed by atoms with Crippen LogP contribution in [0.15, 0.2) is 25.3 Å². The second-order valence-corrected chi connectivity index (χ2v) is 4.58. The molecular formula is C12H22O3. The van der Waals surface area contributed by atoms with Crippen molar-refractivity contribution >= 4 is 5.97 Å². The second kappa shape index (κ2) is 6.40. The fourth-order valence-corrected chi connectivity index (χ4v) is 0.152. The summed E-state index contributed by atoms with van der Waals surface area (Å²) < 4.78 is 0. The van der Waals surface area contributed by atoms with Gasteiger partial charge < -0.3 is 10.2 Å². The molecule has 0 radical (unpaired) electrons. The van der Waals surface area contributed by atoms with Crippen molar-refractivity contribution in [3.05, 3.63) is 25.3 Å². The van der Waals surface area contributed by atoms with Crippen LogP contribution in [0.25, 0.3) is 0 Å². The van der Waals surface area contributed by atoms with Crippen LogP contribution in [-0.4, -0.2) is 22.8 Å². The van der Waals surface area contributed by atoms with Crippen LogP contribution in [-0.2, 0) is 4.79 Å². The van der Waals surface area contributed by atoms with Crippen LogP contribution in [0.5, 0.6) is 0 Å². The molecule has 0 aromatic heterocycles. The van der Waals surface area contributed by atoms with Gasteiger partial charge in [-0.2, -0.15) is 0 Å². The van der Waals surface area contributed by atoms with Crippen molar-refractivity contribution in [2.24, 2.45) is 10.8 Å². The van der Waals surface area contributed by atoms with Crippen LogP contribution in [0.3, 0.4) is 0 Å². The maximum absolute atomic E-state index is 10.2. The van der Waals surface area contributed by atoms with Gasteiger partial charge in [0.05, 0.1) is 12.0 Å². The summed E-state index contributed by atoms with van der Waals surface area (Å²) in [6.45, 7) is 14.2. The minimum Gasteiger partial charge on any atom is -0.481 e. The fraction of sp³-hybridized carbons (Fsp3) is 0.583. The molecular weight excluding hydrogens is 192 g/mol. The Hall–Kier alpha value is -1.09. The molecule has 88 valence electrons. The first-order valence-electron chi connectivity index (χ1n) is 4.74. The van der Waals surface area contributed by atoms with Gasteiger partial charge in [-0.3, -0.25) is 4.79 Å². The molecule has 3 nitrogen and oxygen atoms in total. The average molecular weight is 214 g/mol. The standard InChI is InChI=1S/C6H10O2.C6H12O/c1-4-6(2,3)5(7)8;1-4-6(2,3)5-7/h4H,1H2,2-3H3,(H,7,8);4,7H,1,5H2,2-3H3. The highest BCUT2D eigenvalue weighted by Crippen LogP contribution is 2.14. The maximum atomic E-state index is 10.2. The van der Waals surface area contributed by atoms with Crippen molar-refractivity contribution in [1.82, 2.24) is 0 Å². The summed E-state index contributed by atoms with van der Waals surface area (Å²) in [5.74, 6) is -0.840. The lowest BCUT2D eigenvalue weighted by molar-refractivity contribution is -0.144. The molecule has 0 fully saturated rings. The molecule has 3 heteroatoms. The lowest BCUT2D eigenvalue weighted by Gasteiger charge is -2.13. The Morgan fingerprint density at radius 3 is 1.60 bits per heavy atom. The molecule has 0 amide bonds. The summed E-state index contributed by atoms with van der Waals surface area (Å²) >= 11 is 0. The number of hydrogen-bond donors (Lipinski definition) is 2. The molecule has 0 aromatic rings. The molecule has 0 heterocycles. The van der Waals surface area contributed by atoms with E-state index in [1.54, 1.807) is 19.9 Å². The highest BCUT2D eigenvalue weighted by molar-refractivity contribution is 5.75. The van der Waals surface area contributed by atoms with Crippen molar-refractivity contribution < 1.29 is 15.0 Å². The van der Waals surface area contributed by atoms with Crippen molar-refractivity contribution in [2.45, 2.75) is 27.7 Å². The molecule has 0 aliphatic rings. The van der Waals surface area contributed by atoms with E-state index >= 15 is 0 Å². The van der Waals surface area contributed by atoms with E-state index in [2.05, 4.69) is 13.2 Å². The highest BCUT2D eigenvalue weighted by Gasteiger charge is 2.21. The molecule has 0 saturated heterocycles. The predicted octanol–water partition coefficient (Wildman–Crippen LogP) is 2.47. The number of carbonyl (C=O) groups is 1. The lowest BCUT2D eigenvalue weighted by Crippen LogP contribution is -2.19. The normalized spacial score (nSPS) is 11.0. The Bertz CT molecular complexity index is 227. The summed E-state index contributed by atoms with van der Waals surface area (Å²) in [5.41, 5.74) is -0.875. The molecule has 0 unspecified atom stereocenters. The first-order valence-corrected chi connectivity index (χ1v) is 4.74. The number of aliphatic hydroxyl groups excluding tert-OH is 1. The Morgan fingerprint density at radius 1 is 1.20 bits per heavy atom. The zero-order valence-electron chi connectivity index (χ0n) is 10.1. The minimum absolute atomic E-state index is 0.0972. The maximum Gasteiger partial charge on any atom is 0.312 e. The molecule has 0 aromatic carbocycles. The van der Waals surface area contributed by atoms with E-state index < -0.39 is 11.4 Å². The van der Waals surface area contributed by atoms with Gasteiger partial charge in [-0.15, -0.1) is 13.2 Å². The molecule has 0 atom stereocenters. The third-order valence-corrected chi connectivity index (χ3v) is 2.02. The number of aliphatic carboxylic acids is 1. The zero-order valence-corrected chi connectivity index (χ0v) is 10.1. The molecule has 2 N–H and O–H groups in total. The van der Waals surface area contributed by atoms with E-state index in [-0.39, 0.29) is 12.0 Å². The molecule has 15 heavy (non-hydrogen) atoms. The van der Waals surface area contributed by atoms with Gasteiger partial charge in [-0.1, -0.05) is 26.0 Å². The van der Waals surface area contributed by atoms with Crippen molar-refractivity contribution in [1.29, 1.82) is 0 Å². The second-order valence-electron chi connectivity index (χ2n) is 4.58. The third kappa shape index (κ3) is 7.94. The van der Waals surface area contributed by atoms with Crippen molar-refractivity contribution in [3.8, 4) is 0 Å². The van der Waals surface area contributed by atoms with E-state index in [9.17, 15) is 4.79 Å². The molecule has 0 aliphatic carbocycles. The lowest BCUT2D eigenvalue weighted by atomic mass is 9.95. The fourth-order valence-electron chi connectivity index (χ4n) is 0.152. The van der Waals surface area contributed by atoms with Gasteiger partial charge in [0, 0.05) is 5.41 Å². The Labute approximate surface area is 92.1 Å². The smallest absolute Gasteiger partial charge is 0.312 e. The van der Waals surface area contributed by atoms with Gasteiger partial charge in [0.1, 0.15) is 0 Å². The van der Waals surface area contributed by atoms with E-state index in [1.807, 2.05) is 13.8 Å². The predicted molar refractivity (Wildman–Crippen MR) is 62.7 cm³/mol. The number of carboxylic acid groups (broad SMARTS) is 1. The summed E-state index contributed by atoms with van der Waals surface area (Å²) in [6.07, 6.45) is 3.16. The average Bonchev–Trinajstić information content (AvgIpc) is 2.18. The molecule has 0 saturated carbocycles. The molecule has 0 spiro atoms. The Balaban J connectivity index is 0. The van der Waals surface area contributed by atoms with Gasteiger partial charge in [-0.25, -0.2) is 0 Å². The van der Waals surface area contributed by atoms with E-state index in [0.717, 1.165) is 0 Å². The topological polar surface area (TPSA) is 57.5 Å². The zero-order chi connectivity index (χ0) is 12.7. The largest absolute Gasteiger partial charge is 0.481 e. The quantitative estimate of drug-likeness (QED) is 0.707. The van der Waals surface area contributed by atoms with Crippen LogP contribution in [0.4, 0.5) is 0 Å². The summed E-state index contributed by atoms with van der Waals surface area (Å²) in [6, 6.07) is 0. The van der Waals surface area contributed by atoms with E-state index in [4.69, 9.17) is 10.2 Å². The molecule has 0 bridgehead atoms. The van der Waals surface area contributed by atoms with Crippen molar-refractivity contribution in [2.75, 3.05) is 6.61 Å². The van der Waals surface area contributed by atoms with Gasteiger partial charge in [0.25, 0.3) is 0 Å². The number of hydrogen-bond acceptors (Lipinski definition) is 2. The third-order valence-electron chi connectivity index (χ3n) is 2.02. The Kier molecular flexibility index (Phi) is 6.98. The number of rotatable bonds is 4. The first kappa shape index (κ1) is 16.3. The van der Waals surface area contributed by atoms with Gasteiger partial charge >= 0.3 is 5.97 Å². The van der Waals surface area contributed by atoms with Gasteiger partial charge in [0.15, 0.2) is 0 Å². The summed E-state index contributed by atoms with van der Waals surface area (Å²) in [5, 5.41) is 16.9.